The van der Waals surface area contributed by atoms with Gasteiger partial charge < -0.3 is 10.0 Å². The second-order valence-electron chi connectivity index (χ2n) is 5.44. The fourth-order valence-corrected chi connectivity index (χ4v) is 2.59. The van der Waals surface area contributed by atoms with Crippen molar-refractivity contribution >= 4 is 11.8 Å². The highest BCUT2D eigenvalue weighted by Crippen LogP contribution is 2.18. The Balaban J connectivity index is 2.09. The van der Waals surface area contributed by atoms with Crippen molar-refractivity contribution in [2.45, 2.75) is 33.2 Å². The number of carbonyl (C=O) groups is 1. The first kappa shape index (κ1) is 14.8. The number of aromatic carboxylic acids is 1. The van der Waals surface area contributed by atoms with E-state index in [9.17, 15) is 4.79 Å². The molecule has 0 spiro atoms. The van der Waals surface area contributed by atoms with E-state index < -0.39 is 5.97 Å². The van der Waals surface area contributed by atoms with Crippen molar-refractivity contribution < 1.29 is 9.90 Å². The average molecular weight is 277 g/mol. The van der Waals surface area contributed by atoms with Crippen LogP contribution in [0.2, 0.25) is 0 Å². The second kappa shape index (κ2) is 6.22. The molecule has 0 bridgehead atoms. The number of rotatable bonds is 4. The van der Waals surface area contributed by atoms with Crippen LogP contribution in [0.25, 0.3) is 0 Å². The van der Waals surface area contributed by atoms with E-state index >= 15 is 0 Å². The molecule has 1 N–H and O–H groups in total. The molecule has 1 aromatic rings. The molecule has 1 aromatic heterocycles. The molecule has 5 heteroatoms. The number of anilines is 1. The first-order valence-corrected chi connectivity index (χ1v) is 7.22. The van der Waals surface area contributed by atoms with E-state index in [-0.39, 0.29) is 0 Å². The number of aromatic nitrogens is 1. The monoisotopic (exact) mass is 277 g/mol. The van der Waals surface area contributed by atoms with E-state index in [1.165, 1.54) is 0 Å². The van der Waals surface area contributed by atoms with Crippen LogP contribution < -0.4 is 4.90 Å². The highest BCUT2D eigenvalue weighted by atomic mass is 16.4. The normalized spacial score (nSPS) is 18.1. The van der Waals surface area contributed by atoms with Crippen LogP contribution in [0.1, 0.15) is 36.3 Å². The molecule has 0 aliphatic carbocycles. The number of pyridine rings is 1. The van der Waals surface area contributed by atoms with E-state index in [4.69, 9.17) is 5.11 Å². The lowest BCUT2D eigenvalue weighted by Crippen LogP contribution is -2.49. The quantitative estimate of drug-likeness (QED) is 0.912. The summed E-state index contributed by atoms with van der Waals surface area (Å²) in [7, 11) is 0. The lowest BCUT2D eigenvalue weighted by atomic mass is 10.1. The molecule has 0 amide bonds. The first-order chi connectivity index (χ1) is 9.51. The van der Waals surface area contributed by atoms with E-state index in [1.54, 1.807) is 12.1 Å². The first-order valence-electron chi connectivity index (χ1n) is 7.22. The highest BCUT2D eigenvalue weighted by Gasteiger charge is 2.21. The van der Waals surface area contributed by atoms with Crippen molar-refractivity contribution in [2.75, 3.05) is 31.1 Å². The van der Waals surface area contributed by atoms with Gasteiger partial charge in [-0.2, -0.15) is 0 Å². The number of piperazine rings is 1. The van der Waals surface area contributed by atoms with Gasteiger partial charge in [0.25, 0.3) is 0 Å². The van der Waals surface area contributed by atoms with Gasteiger partial charge in [0.2, 0.25) is 0 Å². The maximum atomic E-state index is 11.1. The minimum atomic E-state index is -0.894. The third kappa shape index (κ3) is 3.28. The van der Waals surface area contributed by atoms with Crippen LogP contribution in [-0.4, -0.2) is 53.2 Å². The van der Waals surface area contributed by atoms with Gasteiger partial charge in [0.15, 0.2) is 0 Å². The molecule has 1 atom stereocenters. The fraction of sp³-hybridized carbons (Fsp3) is 0.600. The van der Waals surface area contributed by atoms with Gasteiger partial charge in [-0.05, 0) is 32.4 Å². The summed E-state index contributed by atoms with van der Waals surface area (Å²) in [5.41, 5.74) is 1.07. The summed E-state index contributed by atoms with van der Waals surface area (Å²) >= 11 is 0. The van der Waals surface area contributed by atoms with E-state index in [2.05, 4.69) is 28.6 Å². The van der Waals surface area contributed by atoms with Crippen LogP contribution in [0, 0.1) is 6.92 Å². The topological polar surface area (TPSA) is 56.7 Å². The largest absolute Gasteiger partial charge is 0.478 e. The number of carboxylic acids is 1. The van der Waals surface area contributed by atoms with Gasteiger partial charge in [0, 0.05) is 37.9 Å². The van der Waals surface area contributed by atoms with Crippen LogP contribution in [0.5, 0.6) is 0 Å². The van der Waals surface area contributed by atoms with Gasteiger partial charge in [0.1, 0.15) is 5.82 Å². The predicted octanol–water partition coefficient (Wildman–Crippen LogP) is 2.01. The summed E-state index contributed by atoms with van der Waals surface area (Å²) in [5, 5.41) is 9.12. The van der Waals surface area contributed by atoms with Gasteiger partial charge in [-0.3, -0.25) is 4.90 Å². The zero-order chi connectivity index (χ0) is 14.7. The van der Waals surface area contributed by atoms with Crippen LogP contribution in [0.4, 0.5) is 5.82 Å². The van der Waals surface area contributed by atoms with E-state index in [1.807, 2.05) is 6.92 Å². The van der Waals surface area contributed by atoms with Gasteiger partial charge in [-0.15, -0.1) is 0 Å². The third-order valence-corrected chi connectivity index (χ3v) is 4.04. The molecule has 1 aliphatic heterocycles. The molecule has 2 rings (SSSR count). The molecule has 2 heterocycles. The molecule has 1 aliphatic rings. The van der Waals surface area contributed by atoms with Crippen LogP contribution in [-0.2, 0) is 0 Å². The fourth-order valence-electron chi connectivity index (χ4n) is 2.59. The van der Waals surface area contributed by atoms with Crippen molar-refractivity contribution in [2.24, 2.45) is 0 Å². The van der Waals surface area contributed by atoms with Crippen molar-refractivity contribution in [3.8, 4) is 0 Å². The van der Waals surface area contributed by atoms with Crippen LogP contribution >= 0.6 is 0 Å². The SMILES string of the molecule is CCC(C)N1CCN(c2cc(C(=O)O)cc(C)n2)CC1. The van der Waals surface area contributed by atoms with Crippen LogP contribution in [0.15, 0.2) is 12.1 Å². The average Bonchev–Trinajstić information content (AvgIpc) is 2.46. The molecular weight excluding hydrogens is 254 g/mol. The minimum Gasteiger partial charge on any atom is -0.478 e. The summed E-state index contributed by atoms with van der Waals surface area (Å²) in [4.78, 5) is 20.2. The Morgan fingerprint density at radius 3 is 2.55 bits per heavy atom. The number of hydrogen-bond donors (Lipinski definition) is 1. The van der Waals surface area contributed by atoms with Crippen LogP contribution in [0.3, 0.4) is 0 Å². The molecule has 20 heavy (non-hydrogen) atoms. The number of carboxylic acid groups (broad SMARTS) is 1. The molecule has 5 nitrogen and oxygen atoms in total. The van der Waals surface area contributed by atoms with Gasteiger partial charge in [-0.25, -0.2) is 9.78 Å². The van der Waals surface area contributed by atoms with Gasteiger partial charge in [0.05, 0.1) is 5.56 Å². The molecule has 1 unspecified atom stereocenters. The van der Waals surface area contributed by atoms with Crippen molar-refractivity contribution in [3.63, 3.8) is 0 Å². The molecular formula is C15H23N3O2. The van der Waals surface area contributed by atoms with Gasteiger partial charge >= 0.3 is 5.97 Å². The predicted molar refractivity (Wildman–Crippen MR) is 79.5 cm³/mol. The Labute approximate surface area is 120 Å². The third-order valence-electron chi connectivity index (χ3n) is 4.04. The summed E-state index contributed by atoms with van der Waals surface area (Å²) in [6.45, 7) is 10.1. The Bertz CT molecular complexity index is 482. The van der Waals surface area contributed by atoms with Crippen molar-refractivity contribution in [1.29, 1.82) is 0 Å². The summed E-state index contributed by atoms with van der Waals surface area (Å²) < 4.78 is 0. The zero-order valence-corrected chi connectivity index (χ0v) is 12.5. The molecule has 110 valence electrons. The van der Waals surface area contributed by atoms with Gasteiger partial charge in [-0.1, -0.05) is 6.92 Å². The Hall–Kier alpha value is -1.62. The standard InChI is InChI=1S/C15H23N3O2/c1-4-12(3)17-5-7-18(8-6-17)14-10-13(15(19)20)9-11(2)16-14/h9-10,12H,4-8H2,1-3H3,(H,19,20). The Kier molecular flexibility index (Phi) is 4.60. The minimum absolute atomic E-state index is 0.317. The summed E-state index contributed by atoms with van der Waals surface area (Å²) in [6, 6.07) is 3.90. The summed E-state index contributed by atoms with van der Waals surface area (Å²) in [6.07, 6.45) is 1.16. The lowest BCUT2D eigenvalue weighted by Gasteiger charge is -2.38. The molecule has 1 saturated heterocycles. The van der Waals surface area contributed by atoms with Crippen molar-refractivity contribution in [3.05, 3.63) is 23.4 Å². The number of aryl methyl sites for hydroxylation is 1. The summed E-state index contributed by atoms with van der Waals surface area (Å²) in [5.74, 6) is -0.110. The molecule has 0 radical (unpaired) electrons. The van der Waals surface area contributed by atoms with E-state index in [0.29, 0.717) is 11.6 Å². The smallest absolute Gasteiger partial charge is 0.335 e. The number of nitrogens with zero attached hydrogens (tertiary/aromatic N) is 3. The maximum Gasteiger partial charge on any atom is 0.335 e. The molecule has 1 fully saturated rings. The van der Waals surface area contributed by atoms with Crippen molar-refractivity contribution in [1.82, 2.24) is 9.88 Å². The molecule has 0 saturated carbocycles. The second-order valence-corrected chi connectivity index (χ2v) is 5.44. The molecule has 0 aromatic carbocycles. The zero-order valence-electron chi connectivity index (χ0n) is 12.5. The van der Waals surface area contributed by atoms with E-state index in [0.717, 1.165) is 44.1 Å². The Morgan fingerprint density at radius 1 is 1.35 bits per heavy atom. The maximum absolute atomic E-state index is 11.1. The lowest BCUT2D eigenvalue weighted by molar-refractivity contribution is 0.0696. The highest BCUT2D eigenvalue weighted by molar-refractivity contribution is 5.88. The number of hydrogen-bond acceptors (Lipinski definition) is 4. The Morgan fingerprint density at radius 2 is 2.00 bits per heavy atom.